The Balaban J connectivity index is 2.19. The van der Waals surface area contributed by atoms with Crippen LogP contribution in [0.1, 0.15) is 5.56 Å². The maximum atomic E-state index is 8.68. The molecule has 0 bridgehead atoms. The van der Waals surface area contributed by atoms with Crippen LogP contribution < -0.4 is 5.48 Å². The number of allylic oxidation sites excluding steroid dienone is 1. The van der Waals surface area contributed by atoms with Crippen molar-refractivity contribution in [2.75, 3.05) is 20.6 Å². The molecule has 2 N–H and O–H groups in total. The first-order valence-electron chi connectivity index (χ1n) is 6.61. The van der Waals surface area contributed by atoms with Gasteiger partial charge in [0, 0.05) is 30.2 Å². The Bertz CT molecular complexity index is 626. The Hall–Kier alpha value is -2.04. The van der Waals surface area contributed by atoms with Gasteiger partial charge in [-0.3, -0.25) is 10.7 Å². The number of likely N-dealkylation sites (N-methyl/N-ethyl adjacent to an activating group) is 1. The molecule has 20 heavy (non-hydrogen) atoms. The number of nitrogens with zero attached hydrogens (tertiary/aromatic N) is 2. The zero-order valence-corrected chi connectivity index (χ0v) is 12.0. The molecular formula is C16H21N3O. The zero-order chi connectivity index (χ0) is 14.5. The highest BCUT2D eigenvalue weighted by atomic mass is 16.5. The van der Waals surface area contributed by atoms with Gasteiger partial charge in [0.25, 0.3) is 0 Å². The number of benzene rings is 1. The van der Waals surface area contributed by atoms with Crippen LogP contribution in [0.2, 0.25) is 0 Å². The minimum atomic E-state index is 0.466. The second-order valence-electron chi connectivity index (χ2n) is 5.10. The molecule has 106 valence electrons. The lowest BCUT2D eigenvalue weighted by molar-refractivity contribution is 0.205. The SMILES string of the molecule is C=C(/C=C/c1ccc2c(ccn2CCN(C)C)c1)NO. The zero-order valence-electron chi connectivity index (χ0n) is 12.0. The van der Waals surface area contributed by atoms with Gasteiger partial charge in [-0.25, -0.2) is 0 Å². The van der Waals surface area contributed by atoms with Crippen LogP contribution in [0.25, 0.3) is 17.0 Å². The predicted molar refractivity (Wildman–Crippen MR) is 83.6 cm³/mol. The molecule has 0 fully saturated rings. The predicted octanol–water partition coefficient (Wildman–Crippen LogP) is 2.71. The number of fused-ring (bicyclic) bond motifs is 1. The van der Waals surface area contributed by atoms with Crippen molar-refractivity contribution in [2.24, 2.45) is 0 Å². The second-order valence-corrected chi connectivity index (χ2v) is 5.10. The summed E-state index contributed by atoms with van der Waals surface area (Å²) in [7, 11) is 4.16. The Morgan fingerprint density at radius 2 is 2.20 bits per heavy atom. The molecule has 2 aromatic rings. The molecule has 2 rings (SSSR count). The van der Waals surface area contributed by atoms with Gasteiger partial charge in [-0.15, -0.1) is 0 Å². The van der Waals surface area contributed by atoms with Gasteiger partial charge in [-0.05, 0) is 43.9 Å². The van der Waals surface area contributed by atoms with Crippen LogP contribution in [0, 0.1) is 0 Å². The Labute approximate surface area is 119 Å². The summed E-state index contributed by atoms with van der Waals surface area (Å²) >= 11 is 0. The van der Waals surface area contributed by atoms with Crippen molar-refractivity contribution in [2.45, 2.75) is 6.54 Å². The first-order chi connectivity index (χ1) is 9.60. The number of hydroxylamine groups is 1. The number of aromatic nitrogens is 1. The number of hydrogen-bond acceptors (Lipinski definition) is 3. The van der Waals surface area contributed by atoms with Gasteiger partial charge in [0.2, 0.25) is 0 Å². The maximum Gasteiger partial charge on any atom is 0.0530 e. The third-order valence-corrected chi connectivity index (χ3v) is 3.20. The van der Waals surface area contributed by atoms with E-state index in [-0.39, 0.29) is 0 Å². The molecule has 0 unspecified atom stereocenters. The summed E-state index contributed by atoms with van der Waals surface area (Å²) in [5.41, 5.74) is 4.80. The number of rotatable bonds is 6. The summed E-state index contributed by atoms with van der Waals surface area (Å²) in [5.74, 6) is 0. The molecule has 1 aromatic heterocycles. The van der Waals surface area contributed by atoms with E-state index >= 15 is 0 Å². The highest BCUT2D eigenvalue weighted by Gasteiger charge is 2.01. The van der Waals surface area contributed by atoms with Crippen LogP contribution in [0.3, 0.4) is 0 Å². The summed E-state index contributed by atoms with van der Waals surface area (Å²) in [6.45, 7) is 5.64. The molecule has 0 radical (unpaired) electrons. The smallest absolute Gasteiger partial charge is 0.0530 e. The second kappa shape index (κ2) is 6.41. The quantitative estimate of drug-likeness (QED) is 0.627. The van der Waals surface area contributed by atoms with Crippen LogP contribution in [-0.2, 0) is 6.54 Å². The minimum Gasteiger partial charge on any atom is -0.346 e. The molecule has 0 atom stereocenters. The standard InChI is InChI=1S/C16H21N3O/c1-13(17-20)4-5-14-6-7-16-15(12-14)8-9-19(16)11-10-18(2)3/h4-9,12,17,20H,1,10-11H2,2-3H3/b5-4+. The largest absolute Gasteiger partial charge is 0.346 e. The van der Waals surface area contributed by atoms with Gasteiger partial charge < -0.3 is 9.47 Å². The Morgan fingerprint density at radius 1 is 1.40 bits per heavy atom. The van der Waals surface area contributed by atoms with Crippen LogP contribution in [0.15, 0.2) is 48.8 Å². The summed E-state index contributed by atoms with van der Waals surface area (Å²) in [6.07, 6.45) is 5.78. The van der Waals surface area contributed by atoms with E-state index in [0.29, 0.717) is 5.70 Å². The molecule has 4 nitrogen and oxygen atoms in total. The monoisotopic (exact) mass is 271 g/mol. The Morgan fingerprint density at radius 3 is 2.90 bits per heavy atom. The summed E-state index contributed by atoms with van der Waals surface area (Å²) in [5, 5.41) is 9.90. The molecule has 0 aliphatic carbocycles. The van der Waals surface area contributed by atoms with Crippen LogP contribution in [0.4, 0.5) is 0 Å². The number of nitrogens with one attached hydrogen (secondary N) is 1. The summed E-state index contributed by atoms with van der Waals surface area (Å²) in [6, 6.07) is 8.44. The van der Waals surface area contributed by atoms with E-state index in [1.54, 1.807) is 6.08 Å². The lowest BCUT2D eigenvalue weighted by Gasteiger charge is -2.11. The van der Waals surface area contributed by atoms with Crippen molar-refractivity contribution in [3.8, 4) is 0 Å². The van der Waals surface area contributed by atoms with Crippen molar-refractivity contribution in [1.29, 1.82) is 0 Å². The molecule has 1 aromatic carbocycles. The average molecular weight is 271 g/mol. The fourth-order valence-electron chi connectivity index (χ4n) is 2.06. The molecule has 1 heterocycles. The van der Waals surface area contributed by atoms with Crippen molar-refractivity contribution < 1.29 is 5.21 Å². The first-order valence-corrected chi connectivity index (χ1v) is 6.61. The van der Waals surface area contributed by atoms with E-state index < -0.39 is 0 Å². The van der Waals surface area contributed by atoms with E-state index in [4.69, 9.17) is 5.21 Å². The van der Waals surface area contributed by atoms with Crippen LogP contribution in [-0.4, -0.2) is 35.3 Å². The summed E-state index contributed by atoms with van der Waals surface area (Å²) < 4.78 is 2.26. The molecule has 0 saturated carbocycles. The highest BCUT2D eigenvalue weighted by molar-refractivity contribution is 5.82. The molecular weight excluding hydrogens is 250 g/mol. The van der Waals surface area contributed by atoms with Crippen LogP contribution in [0.5, 0.6) is 0 Å². The minimum absolute atomic E-state index is 0.466. The van der Waals surface area contributed by atoms with Crippen LogP contribution >= 0.6 is 0 Å². The van der Waals surface area contributed by atoms with E-state index in [1.807, 2.05) is 11.6 Å². The molecule has 0 aliphatic heterocycles. The van der Waals surface area contributed by atoms with Gasteiger partial charge in [-0.2, -0.15) is 0 Å². The normalized spacial score (nSPS) is 11.6. The molecule has 0 amide bonds. The van der Waals surface area contributed by atoms with E-state index in [9.17, 15) is 0 Å². The van der Waals surface area contributed by atoms with Gasteiger partial charge in [0.1, 0.15) is 0 Å². The lowest BCUT2D eigenvalue weighted by Crippen LogP contribution is -2.17. The van der Waals surface area contributed by atoms with E-state index in [2.05, 4.69) is 60.6 Å². The molecule has 4 heteroatoms. The van der Waals surface area contributed by atoms with Gasteiger partial charge in [0.05, 0.1) is 5.70 Å². The lowest BCUT2D eigenvalue weighted by atomic mass is 10.1. The third-order valence-electron chi connectivity index (χ3n) is 3.20. The Kier molecular flexibility index (Phi) is 4.61. The van der Waals surface area contributed by atoms with Crippen molar-refractivity contribution in [3.63, 3.8) is 0 Å². The third kappa shape index (κ3) is 3.50. The van der Waals surface area contributed by atoms with Gasteiger partial charge >= 0.3 is 0 Å². The highest BCUT2D eigenvalue weighted by Crippen LogP contribution is 2.18. The molecule has 0 saturated heterocycles. The fraction of sp³-hybridized carbons (Fsp3) is 0.250. The summed E-state index contributed by atoms with van der Waals surface area (Å²) in [4.78, 5) is 2.18. The van der Waals surface area contributed by atoms with Gasteiger partial charge in [0.15, 0.2) is 0 Å². The van der Waals surface area contributed by atoms with E-state index in [0.717, 1.165) is 18.7 Å². The molecule has 0 aliphatic rings. The molecule has 0 spiro atoms. The first kappa shape index (κ1) is 14.4. The van der Waals surface area contributed by atoms with Gasteiger partial charge in [-0.1, -0.05) is 18.7 Å². The van der Waals surface area contributed by atoms with Crippen molar-refractivity contribution in [3.05, 3.63) is 54.4 Å². The maximum absolute atomic E-state index is 8.68. The van der Waals surface area contributed by atoms with Crippen molar-refractivity contribution in [1.82, 2.24) is 14.9 Å². The topological polar surface area (TPSA) is 40.4 Å². The fourth-order valence-corrected chi connectivity index (χ4v) is 2.06. The average Bonchev–Trinajstić information content (AvgIpc) is 2.84. The van der Waals surface area contributed by atoms with E-state index in [1.165, 1.54) is 10.9 Å². The number of hydrogen-bond donors (Lipinski definition) is 2. The van der Waals surface area contributed by atoms with Crippen molar-refractivity contribution >= 4 is 17.0 Å².